The Morgan fingerprint density at radius 2 is 1.70 bits per heavy atom. The van der Waals surface area contributed by atoms with E-state index in [4.69, 9.17) is 4.74 Å². The molecule has 5 rings (SSSR count). The van der Waals surface area contributed by atoms with Gasteiger partial charge in [-0.15, -0.1) is 0 Å². The largest absolute Gasteiger partial charge is 0.376 e. The van der Waals surface area contributed by atoms with E-state index >= 15 is 0 Å². The Morgan fingerprint density at radius 1 is 1.02 bits per heavy atom. The summed E-state index contributed by atoms with van der Waals surface area (Å²) < 4.78 is 32.6. The minimum absolute atomic E-state index is 0.0590. The van der Waals surface area contributed by atoms with Crippen LogP contribution in [-0.2, 0) is 41.2 Å². The first-order chi connectivity index (χ1) is 21.8. The van der Waals surface area contributed by atoms with Gasteiger partial charge in [-0.3, -0.25) is 18.7 Å². The Kier molecular flexibility index (Phi) is 9.59. The van der Waals surface area contributed by atoms with E-state index in [0.29, 0.717) is 50.3 Å². The van der Waals surface area contributed by atoms with E-state index < -0.39 is 32.9 Å². The zero-order valence-corrected chi connectivity index (χ0v) is 27.7. The van der Waals surface area contributed by atoms with Crippen molar-refractivity contribution in [3.05, 3.63) is 89.6 Å². The van der Waals surface area contributed by atoms with E-state index in [1.807, 2.05) is 72.7 Å². The summed E-state index contributed by atoms with van der Waals surface area (Å²) in [5.74, 6) is -1.16. The number of fused-ring (bicyclic) bond motifs is 2. The molecular weight excluding hydrogens is 606 g/mol. The molecule has 246 valence electrons. The fourth-order valence-electron chi connectivity index (χ4n) is 6.31. The van der Waals surface area contributed by atoms with E-state index in [1.54, 1.807) is 30.9 Å². The molecule has 3 aliphatic heterocycles. The van der Waals surface area contributed by atoms with E-state index in [9.17, 15) is 22.8 Å². The zero-order chi connectivity index (χ0) is 33.1. The normalized spacial score (nSPS) is 18.2. The van der Waals surface area contributed by atoms with Gasteiger partial charge in [0, 0.05) is 44.2 Å². The molecule has 0 aliphatic carbocycles. The van der Waals surface area contributed by atoms with Crippen LogP contribution in [0.3, 0.4) is 0 Å². The number of nitrogens with zero attached hydrogens (tertiary/aromatic N) is 3. The molecule has 0 radical (unpaired) electrons. The van der Waals surface area contributed by atoms with Crippen molar-refractivity contribution >= 4 is 33.4 Å². The molecule has 3 heterocycles. The second-order valence-corrected chi connectivity index (χ2v) is 14.9. The van der Waals surface area contributed by atoms with E-state index in [-0.39, 0.29) is 25.0 Å². The zero-order valence-electron chi connectivity index (χ0n) is 26.9. The standard InChI is InChI=1S/C34H43N5O6S/c1-33(2,36-30(40)26-13-10-18-37(3)21-26)32(42)35-28(23-45-22-25-11-6-5-7-12-25)31(41)38-19-16-34(17-20-38)24-39(46(4,43)44)29-15-9-8-14-27(29)34/h5-15,18,28H,16-17,19-24H2,1-4H3,(H,35,42)(H,36,40)/t28-/m1/s1. The van der Waals surface area contributed by atoms with Crippen molar-refractivity contribution in [2.24, 2.45) is 0 Å². The molecule has 0 saturated carbocycles. The lowest BCUT2D eigenvalue weighted by atomic mass is 9.74. The summed E-state index contributed by atoms with van der Waals surface area (Å²) in [5, 5.41) is 5.67. The number of amides is 3. The number of para-hydroxylation sites is 1. The molecule has 1 spiro atoms. The molecule has 46 heavy (non-hydrogen) atoms. The van der Waals surface area contributed by atoms with Crippen LogP contribution in [0.2, 0.25) is 0 Å². The van der Waals surface area contributed by atoms with Gasteiger partial charge in [-0.1, -0.05) is 54.6 Å². The van der Waals surface area contributed by atoms with Gasteiger partial charge in [0.05, 0.1) is 25.2 Å². The number of benzene rings is 2. The second-order valence-electron chi connectivity index (χ2n) is 12.9. The lowest BCUT2D eigenvalue weighted by Gasteiger charge is -2.41. The molecule has 1 atom stereocenters. The van der Waals surface area contributed by atoms with Gasteiger partial charge in [-0.05, 0) is 56.2 Å². The van der Waals surface area contributed by atoms with Crippen molar-refractivity contribution < 1.29 is 27.5 Å². The van der Waals surface area contributed by atoms with Gasteiger partial charge in [0.25, 0.3) is 0 Å². The second kappa shape index (κ2) is 13.3. The van der Waals surface area contributed by atoms with Gasteiger partial charge in [-0.2, -0.15) is 0 Å². The maximum Gasteiger partial charge on any atom is 0.249 e. The van der Waals surface area contributed by atoms with Crippen molar-refractivity contribution in [2.45, 2.75) is 50.3 Å². The number of carbonyl (C=O) groups is 3. The Bertz CT molecular complexity index is 1630. The van der Waals surface area contributed by atoms with Crippen LogP contribution in [0.1, 0.15) is 37.8 Å². The maximum atomic E-state index is 14.0. The molecule has 1 saturated heterocycles. The summed E-state index contributed by atoms with van der Waals surface area (Å²) in [5.41, 5.74) is 1.42. The number of piperidine rings is 1. The highest BCUT2D eigenvalue weighted by atomic mass is 32.2. The number of allylic oxidation sites excluding steroid dienone is 2. The summed E-state index contributed by atoms with van der Waals surface area (Å²) in [7, 11) is -1.61. The van der Waals surface area contributed by atoms with E-state index in [0.717, 1.165) is 11.1 Å². The maximum absolute atomic E-state index is 14.0. The number of ether oxygens (including phenoxy) is 1. The molecular formula is C34H43N5O6S. The first-order valence-corrected chi connectivity index (χ1v) is 17.3. The quantitative estimate of drug-likeness (QED) is 0.405. The lowest BCUT2D eigenvalue weighted by molar-refractivity contribution is -0.141. The molecule has 2 aromatic carbocycles. The Labute approximate surface area is 271 Å². The average molecular weight is 650 g/mol. The topological polar surface area (TPSA) is 128 Å². The van der Waals surface area contributed by atoms with Crippen LogP contribution < -0.4 is 14.9 Å². The van der Waals surface area contributed by atoms with Gasteiger partial charge < -0.3 is 25.2 Å². The minimum atomic E-state index is -3.46. The summed E-state index contributed by atoms with van der Waals surface area (Å²) in [4.78, 5) is 44.2. The number of rotatable bonds is 10. The minimum Gasteiger partial charge on any atom is -0.376 e. The number of sulfonamides is 1. The van der Waals surface area contributed by atoms with Gasteiger partial charge in [0.2, 0.25) is 27.7 Å². The first kappa shape index (κ1) is 33.2. The van der Waals surface area contributed by atoms with Crippen LogP contribution in [-0.4, -0.2) is 93.6 Å². The SMILES string of the molecule is CN1C=CC=C(C(=O)NC(C)(C)C(=O)N[C@H](COCc2ccccc2)C(=O)N2CCC3(CC2)CN(S(C)(=O)=O)c2ccccc23)C1. The summed E-state index contributed by atoms with van der Waals surface area (Å²) in [6.07, 6.45) is 7.72. The highest BCUT2D eigenvalue weighted by Gasteiger charge is 2.48. The number of nitrogens with one attached hydrogen (secondary N) is 2. The van der Waals surface area contributed by atoms with Crippen molar-refractivity contribution in [1.82, 2.24) is 20.4 Å². The van der Waals surface area contributed by atoms with E-state index in [2.05, 4.69) is 10.6 Å². The first-order valence-electron chi connectivity index (χ1n) is 15.5. The van der Waals surface area contributed by atoms with Crippen LogP contribution in [0.25, 0.3) is 0 Å². The number of anilines is 1. The van der Waals surface area contributed by atoms with Crippen molar-refractivity contribution in [2.75, 3.05) is 50.4 Å². The number of carbonyl (C=O) groups excluding carboxylic acids is 3. The van der Waals surface area contributed by atoms with Crippen LogP contribution >= 0.6 is 0 Å². The molecule has 1 fully saturated rings. The van der Waals surface area contributed by atoms with Crippen LogP contribution in [0, 0.1) is 0 Å². The molecule has 3 aliphatic rings. The molecule has 3 amide bonds. The third kappa shape index (κ3) is 7.28. The summed E-state index contributed by atoms with van der Waals surface area (Å²) in [6.45, 7) is 4.95. The fraction of sp³-hybridized carbons (Fsp3) is 0.441. The monoisotopic (exact) mass is 649 g/mol. The third-order valence-electron chi connectivity index (χ3n) is 8.97. The van der Waals surface area contributed by atoms with Gasteiger partial charge in [-0.25, -0.2) is 8.42 Å². The summed E-state index contributed by atoms with van der Waals surface area (Å²) >= 11 is 0. The fourth-order valence-corrected chi connectivity index (χ4v) is 7.31. The smallest absolute Gasteiger partial charge is 0.249 e. The number of likely N-dealkylation sites (tertiary alicyclic amines) is 1. The Hall–Kier alpha value is -4.16. The van der Waals surface area contributed by atoms with Crippen LogP contribution in [0.5, 0.6) is 0 Å². The van der Waals surface area contributed by atoms with E-state index in [1.165, 1.54) is 10.6 Å². The number of hydrogen-bond donors (Lipinski definition) is 2. The van der Waals surface area contributed by atoms with Crippen LogP contribution in [0.15, 0.2) is 78.5 Å². The van der Waals surface area contributed by atoms with Gasteiger partial charge in [0.15, 0.2) is 0 Å². The molecule has 2 N–H and O–H groups in total. The molecule has 0 unspecified atom stereocenters. The highest BCUT2D eigenvalue weighted by Crippen LogP contribution is 2.47. The predicted molar refractivity (Wildman–Crippen MR) is 176 cm³/mol. The summed E-state index contributed by atoms with van der Waals surface area (Å²) in [6, 6.07) is 16.1. The van der Waals surface area contributed by atoms with Gasteiger partial charge >= 0.3 is 0 Å². The van der Waals surface area contributed by atoms with Crippen molar-refractivity contribution in [3.63, 3.8) is 0 Å². The number of hydrogen-bond acceptors (Lipinski definition) is 7. The molecule has 11 nitrogen and oxygen atoms in total. The van der Waals surface area contributed by atoms with Crippen molar-refractivity contribution in [3.8, 4) is 0 Å². The highest BCUT2D eigenvalue weighted by molar-refractivity contribution is 7.92. The number of likely N-dealkylation sites (N-methyl/N-ethyl adjacent to an activating group) is 1. The molecule has 2 aromatic rings. The average Bonchev–Trinajstić information content (AvgIpc) is 3.35. The van der Waals surface area contributed by atoms with Gasteiger partial charge in [0.1, 0.15) is 11.6 Å². The molecule has 0 aromatic heterocycles. The molecule has 12 heteroatoms. The Balaban J connectivity index is 1.28. The molecule has 0 bridgehead atoms. The lowest BCUT2D eigenvalue weighted by Crippen LogP contribution is -2.61. The Morgan fingerprint density at radius 3 is 2.37 bits per heavy atom. The third-order valence-corrected chi connectivity index (χ3v) is 10.1. The van der Waals surface area contributed by atoms with Crippen LogP contribution in [0.4, 0.5) is 5.69 Å². The predicted octanol–water partition coefficient (Wildman–Crippen LogP) is 2.31. The van der Waals surface area contributed by atoms with Crippen molar-refractivity contribution in [1.29, 1.82) is 0 Å².